The lowest BCUT2D eigenvalue weighted by atomic mass is 10.1. The van der Waals surface area contributed by atoms with Gasteiger partial charge < -0.3 is 9.40 Å². The number of nitrogens with one attached hydrogen (secondary N) is 2. The molecule has 34 heavy (non-hydrogen) atoms. The first-order chi connectivity index (χ1) is 16.8. The highest BCUT2D eigenvalue weighted by atomic mass is 32.1. The minimum atomic E-state index is 0.303. The average Bonchev–Trinajstić information content (AvgIpc) is 3.45. The lowest BCUT2D eigenvalue weighted by molar-refractivity contribution is 0.468. The van der Waals surface area contributed by atoms with Crippen molar-refractivity contribution >= 4 is 34.0 Å². The molecule has 0 fully saturated rings. The Morgan fingerprint density at radius 2 is 1.62 bits per heavy atom. The molecule has 0 atom stereocenters. The first-order valence-electron chi connectivity index (χ1n) is 11.1. The van der Waals surface area contributed by atoms with Gasteiger partial charge in [-0.3, -0.25) is 5.32 Å². The van der Waals surface area contributed by atoms with E-state index in [1.54, 1.807) is 4.68 Å². The summed E-state index contributed by atoms with van der Waals surface area (Å²) >= 11 is 5.45. The van der Waals surface area contributed by atoms with Crippen LogP contribution in [0.25, 0.3) is 44.6 Å². The lowest BCUT2D eigenvalue weighted by Gasteiger charge is -2.06. The molecule has 0 saturated heterocycles. The van der Waals surface area contributed by atoms with Crippen LogP contribution >= 0.6 is 12.2 Å². The molecule has 2 N–H and O–H groups in total. The van der Waals surface area contributed by atoms with E-state index in [0.29, 0.717) is 29.6 Å². The van der Waals surface area contributed by atoms with Crippen LogP contribution in [0, 0.1) is 4.84 Å². The second-order valence-corrected chi connectivity index (χ2v) is 8.41. The van der Waals surface area contributed by atoms with Crippen molar-refractivity contribution in [2.45, 2.75) is 13.2 Å². The number of aromatic nitrogens is 4. The molecule has 0 aliphatic heterocycles. The minimum Gasteiger partial charge on any atom is -0.408 e. The predicted molar refractivity (Wildman–Crippen MR) is 137 cm³/mol. The normalized spacial score (nSPS) is 11.4. The van der Waals surface area contributed by atoms with Crippen LogP contribution in [-0.4, -0.2) is 19.7 Å². The number of para-hydroxylation sites is 1. The fourth-order valence-electron chi connectivity index (χ4n) is 4.17. The molecule has 6 rings (SSSR count). The van der Waals surface area contributed by atoms with Gasteiger partial charge in [-0.25, -0.2) is 9.67 Å². The van der Waals surface area contributed by atoms with Crippen molar-refractivity contribution in [2.75, 3.05) is 0 Å². The first-order valence-corrected chi connectivity index (χ1v) is 11.5. The fraction of sp³-hybridized carbons (Fsp3) is 0.0741. The molecule has 6 nitrogen and oxygen atoms in total. The van der Waals surface area contributed by atoms with Crippen LogP contribution in [0.3, 0.4) is 0 Å². The Morgan fingerprint density at radius 3 is 2.44 bits per heavy atom. The highest BCUT2D eigenvalue weighted by molar-refractivity contribution is 7.71. The third-order valence-corrected chi connectivity index (χ3v) is 6.10. The Bertz CT molecular complexity index is 1650. The Labute approximate surface area is 200 Å². The molecule has 0 bridgehead atoms. The zero-order valence-corrected chi connectivity index (χ0v) is 19.0. The number of hydrogen-bond acceptors (Lipinski definition) is 5. The molecule has 0 spiro atoms. The van der Waals surface area contributed by atoms with Crippen LogP contribution < -0.4 is 5.32 Å². The quantitative estimate of drug-likeness (QED) is 0.283. The maximum atomic E-state index is 5.89. The van der Waals surface area contributed by atoms with Gasteiger partial charge in [0, 0.05) is 28.4 Å². The predicted octanol–water partition coefficient (Wildman–Crippen LogP) is 6.32. The Balaban J connectivity index is 1.41. The average molecular weight is 464 g/mol. The molecule has 3 heterocycles. The molecule has 3 aromatic carbocycles. The minimum absolute atomic E-state index is 0.303. The number of H-pyrrole nitrogens is 1. The molecule has 0 aliphatic carbocycles. The Kier molecular flexibility index (Phi) is 5.25. The summed E-state index contributed by atoms with van der Waals surface area (Å²) in [6.45, 7) is 1.15. The largest absolute Gasteiger partial charge is 0.408 e. The molecular weight excluding hydrogens is 442 g/mol. The van der Waals surface area contributed by atoms with Gasteiger partial charge in [-0.2, -0.15) is 0 Å². The standard InChI is InChI=1S/C27H21N5OS/c34-27-32(17-28-16-18-9-3-1-4-10-18)31-26(33-27)23-15-21-20-13-7-8-14-22(20)29-25(21)24(30-23)19-11-5-2-6-12-19/h1-15,28-29H,16-17H2. The zero-order chi connectivity index (χ0) is 22.9. The van der Waals surface area contributed by atoms with Gasteiger partial charge in [-0.1, -0.05) is 78.9 Å². The summed E-state index contributed by atoms with van der Waals surface area (Å²) in [4.78, 5) is 8.79. The monoisotopic (exact) mass is 463 g/mol. The second kappa shape index (κ2) is 8.70. The smallest absolute Gasteiger partial charge is 0.288 e. The van der Waals surface area contributed by atoms with E-state index in [1.165, 1.54) is 5.56 Å². The molecule has 166 valence electrons. The van der Waals surface area contributed by atoms with Crippen LogP contribution in [0.15, 0.2) is 95.4 Å². The summed E-state index contributed by atoms with van der Waals surface area (Å²) in [5.41, 5.74) is 5.75. The van der Waals surface area contributed by atoms with E-state index in [2.05, 4.69) is 51.8 Å². The van der Waals surface area contributed by atoms with E-state index < -0.39 is 0 Å². The number of benzene rings is 3. The van der Waals surface area contributed by atoms with E-state index in [9.17, 15) is 0 Å². The summed E-state index contributed by atoms with van der Waals surface area (Å²) < 4.78 is 7.54. The van der Waals surface area contributed by atoms with Crippen molar-refractivity contribution in [3.8, 4) is 22.8 Å². The van der Waals surface area contributed by atoms with Crippen molar-refractivity contribution in [1.29, 1.82) is 0 Å². The maximum Gasteiger partial charge on any atom is 0.288 e. The van der Waals surface area contributed by atoms with E-state index in [0.717, 1.165) is 33.1 Å². The topological polar surface area (TPSA) is 71.7 Å². The molecular formula is C27H21N5OS. The van der Waals surface area contributed by atoms with Gasteiger partial charge in [0.1, 0.15) is 5.69 Å². The van der Waals surface area contributed by atoms with Crippen LogP contribution in [0.5, 0.6) is 0 Å². The van der Waals surface area contributed by atoms with Crippen molar-refractivity contribution in [3.05, 3.63) is 101 Å². The van der Waals surface area contributed by atoms with Crippen LogP contribution in [0.2, 0.25) is 0 Å². The summed E-state index contributed by atoms with van der Waals surface area (Å²) in [6.07, 6.45) is 0. The van der Waals surface area contributed by atoms with Crippen LogP contribution in [0.4, 0.5) is 0 Å². The molecule has 0 aliphatic rings. The van der Waals surface area contributed by atoms with Gasteiger partial charge in [0.15, 0.2) is 0 Å². The van der Waals surface area contributed by atoms with Gasteiger partial charge >= 0.3 is 0 Å². The number of fused-ring (bicyclic) bond motifs is 3. The van der Waals surface area contributed by atoms with Crippen LogP contribution in [-0.2, 0) is 13.2 Å². The number of hydrogen-bond donors (Lipinski definition) is 2. The Morgan fingerprint density at radius 1 is 0.882 bits per heavy atom. The lowest BCUT2D eigenvalue weighted by Crippen LogP contribution is -2.19. The molecule has 0 saturated carbocycles. The third-order valence-electron chi connectivity index (χ3n) is 5.80. The second-order valence-electron chi connectivity index (χ2n) is 8.06. The fourth-order valence-corrected chi connectivity index (χ4v) is 4.36. The molecule has 6 aromatic rings. The van der Waals surface area contributed by atoms with Crippen molar-refractivity contribution in [1.82, 2.24) is 25.1 Å². The number of nitrogens with zero attached hydrogens (tertiary/aromatic N) is 3. The van der Waals surface area contributed by atoms with E-state index in [1.807, 2.05) is 54.6 Å². The van der Waals surface area contributed by atoms with E-state index >= 15 is 0 Å². The summed E-state index contributed by atoms with van der Waals surface area (Å²) in [6, 6.07) is 30.6. The van der Waals surface area contributed by atoms with Gasteiger partial charge in [0.2, 0.25) is 0 Å². The third kappa shape index (κ3) is 3.81. The van der Waals surface area contributed by atoms with E-state index in [4.69, 9.17) is 21.6 Å². The SMILES string of the molecule is S=c1oc(-c2cc3c([nH]c4ccccc43)c(-c3ccccc3)n2)nn1CNCc1ccccc1. The highest BCUT2D eigenvalue weighted by Crippen LogP contribution is 2.34. The van der Waals surface area contributed by atoms with Crippen molar-refractivity contribution < 1.29 is 4.42 Å². The van der Waals surface area contributed by atoms with E-state index in [-0.39, 0.29) is 0 Å². The van der Waals surface area contributed by atoms with Crippen molar-refractivity contribution in [3.63, 3.8) is 0 Å². The molecule has 0 radical (unpaired) electrons. The zero-order valence-electron chi connectivity index (χ0n) is 18.2. The number of aromatic amines is 1. The number of rotatable bonds is 6. The summed E-state index contributed by atoms with van der Waals surface area (Å²) in [7, 11) is 0. The van der Waals surface area contributed by atoms with Gasteiger partial charge in [0.25, 0.3) is 10.7 Å². The van der Waals surface area contributed by atoms with Crippen molar-refractivity contribution in [2.24, 2.45) is 0 Å². The maximum absolute atomic E-state index is 5.89. The Hall–Kier alpha value is -4.07. The molecule has 0 amide bonds. The summed E-state index contributed by atoms with van der Waals surface area (Å²) in [5, 5.41) is 10.2. The highest BCUT2D eigenvalue weighted by Gasteiger charge is 2.17. The van der Waals surface area contributed by atoms with Gasteiger partial charge in [-0.15, -0.1) is 5.10 Å². The van der Waals surface area contributed by atoms with Gasteiger partial charge in [-0.05, 0) is 29.9 Å². The molecule has 0 unspecified atom stereocenters. The van der Waals surface area contributed by atoms with Crippen LogP contribution in [0.1, 0.15) is 5.56 Å². The molecule has 3 aromatic heterocycles. The van der Waals surface area contributed by atoms with Gasteiger partial charge in [0.05, 0.1) is 17.9 Å². The number of pyridine rings is 1. The molecule has 7 heteroatoms. The first kappa shape index (κ1) is 20.5. The summed E-state index contributed by atoms with van der Waals surface area (Å²) in [5.74, 6) is 0.399.